The Kier molecular flexibility index (Phi) is 3.13. The van der Waals surface area contributed by atoms with Gasteiger partial charge in [0.15, 0.2) is 0 Å². The van der Waals surface area contributed by atoms with Gasteiger partial charge in [0, 0.05) is 6.42 Å². The van der Waals surface area contributed by atoms with Crippen LogP contribution in [0.2, 0.25) is 0 Å². The number of fused-ring (bicyclic) bond motifs is 1. The Bertz CT molecular complexity index is 401. The highest BCUT2D eigenvalue weighted by Gasteiger charge is 2.21. The minimum Gasteiger partial charge on any atom is -0.497 e. The van der Waals surface area contributed by atoms with Crippen LogP contribution in [0.5, 0.6) is 5.75 Å². The Hall–Kier alpha value is -1.51. The van der Waals surface area contributed by atoms with E-state index in [1.54, 1.807) is 7.11 Å². The van der Waals surface area contributed by atoms with Gasteiger partial charge in [-0.15, -0.1) is 0 Å². The van der Waals surface area contributed by atoms with E-state index < -0.39 is 0 Å². The van der Waals surface area contributed by atoms with Gasteiger partial charge in [0.05, 0.1) is 7.11 Å². The quantitative estimate of drug-likeness (QED) is 0.837. The highest BCUT2D eigenvalue weighted by atomic mass is 16.5. The Morgan fingerprint density at radius 3 is 2.88 bits per heavy atom. The fraction of sp³-hybridized carbons (Fsp3) is 0.462. The summed E-state index contributed by atoms with van der Waals surface area (Å²) in [6.07, 6.45) is 3.49. The molecule has 1 unspecified atom stereocenters. The lowest BCUT2D eigenvalue weighted by molar-refractivity contribution is -0.118. The van der Waals surface area contributed by atoms with Crippen molar-refractivity contribution in [2.45, 2.75) is 25.7 Å². The van der Waals surface area contributed by atoms with Crippen molar-refractivity contribution in [2.24, 2.45) is 11.7 Å². The number of amides is 1. The lowest BCUT2D eigenvalue weighted by atomic mass is 10.00. The zero-order chi connectivity index (χ0) is 11.5. The first kappa shape index (κ1) is 11.0. The van der Waals surface area contributed by atoms with Gasteiger partial charge in [-0.1, -0.05) is 6.07 Å². The SMILES string of the molecule is COc1ccc2c(c1)CC(CCC(N)=O)C2. The molecule has 1 aliphatic rings. The second kappa shape index (κ2) is 4.56. The van der Waals surface area contributed by atoms with Crippen molar-refractivity contribution in [2.75, 3.05) is 7.11 Å². The molecule has 0 saturated carbocycles. The number of primary amides is 1. The molecule has 3 heteroatoms. The number of methoxy groups -OCH3 is 1. The lowest BCUT2D eigenvalue weighted by Crippen LogP contribution is -2.12. The summed E-state index contributed by atoms with van der Waals surface area (Å²) in [4.78, 5) is 10.7. The molecule has 0 radical (unpaired) electrons. The molecule has 0 spiro atoms. The average Bonchev–Trinajstić information content (AvgIpc) is 2.67. The van der Waals surface area contributed by atoms with Gasteiger partial charge >= 0.3 is 0 Å². The summed E-state index contributed by atoms with van der Waals surface area (Å²) in [5.41, 5.74) is 7.90. The highest BCUT2D eigenvalue weighted by Crippen LogP contribution is 2.31. The molecule has 1 amide bonds. The average molecular weight is 219 g/mol. The van der Waals surface area contributed by atoms with Gasteiger partial charge in [0.2, 0.25) is 5.91 Å². The van der Waals surface area contributed by atoms with Crippen LogP contribution in [0, 0.1) is 5.92 Å². The standard InChI is InChI=1S/C13H17NO2/c1-16-12-4-3-10-6-9(2-5-13(14)15)7-11(10)8-12/h3-4,8-9H,2,5-7H2,1H3,(H2,14,15). The van der Waals surface area contributed by atoms with Crippen LogP contribution in [0.15, 0.2) is 18.2 Å². The van der Waals surface area contributed by atoms with E-state index in [0.29, 0.717) is 12.3 Å². The van der Waals surface area contributed by atoms with Crippen LogP contribution in [0.25, 0.3) is 0 Å². The molecule has 0 saturated heterocycles. The maximum Gasteiger partial charge on any atom is 0.217 e. The van der Waals surface area contributed by atoms with Crippen LogP contribution >= 0.6 is 0 Å². The van der Waals surface area contributed by atoms with Gasteiger partial charge in [0.25, 0.3) is 0 Å². The summed E-state index contributed by atoms with van der Waals surface area (Å²) >= 11 is 0. The third-order valence-electron chi connectivity index (χ3n) is 3.23. The summed E-state index contributed by atoms with van der Waals surface area (Å²) in [6.45, 7) is 0. The topological polar surface area (TPSA) is 52.3 Å². The van der Waals surface area contributed by atoms with Crippen LogP contribution in [-0.4, -0.2) is 13.0 Å². The molecule has 1 aromatic rings. The van der Waals surface area contributed by atoms with Crippen molar-refractivity contribution in [1.29, 1.82) is 0 Å². The minimum atomic E-state index is -0.200. The normalized spacial score (nSPS) is 18.2. The molecule has 0 fully saturated rings. The van der Waals surface area contributed by atoms with Crippen LogP contribution in [-0.2, 0) is 17.6 Å². The molecule has 0 heterocycles. The number of rotatable bonds is 4. The van der Waals surface area contributed by atoms with E-state index in [4.69, 9.17) is 10.5 Å². The largest absolute Gasteiger partial charge is 0.497 e. The van der Waals surface area contributed by atoms with E-state index in [1.807, 2.05) is 6.07 Å². The number of carbonyl (C=O) groups excluding carboxylic acids is 1. The second-order valence-corrected chi connectivity index (χ2v) is 4.41. The summed E-state index contributed by atoms with van der Waals surface area (Å²) in [5.74, 6) is 1.28. The minimum absolute atomic E-state index is 0.200. The molecule has 16 heavy (non-hydrogen) atoms. The van der Waals surface area contributed by atoms with Gasteiger partial charge in [-0.3, -0.25) is 4.79 Å². The molecule has 3 nitrogen and oxygen atoms in total. The van der Waals surface area contributed by atoms with Crippen molar-refractivity contribution < 1.29 is 9.53 Å². The fourth-order valence-corrected chi connectivity index (χ4v) is 2.36. The number of nitrogens with two attached hydrogens (primary N) is 1. The Morgan fingerprint density at radius 1 is 1.44 bits per heavy atom. The molecule has 1 aliphatic carbocycles. The van der Waals surface area contributed by atoms with E-state index in [2.05, 4.69) is 12.1 Å². The summed E-state index contributed by atoms with van der Waals surface area (Å²) < 4.78 is 5.20. The monoisotopic (exact) mass is 219 g/mol. The van der Waals surface area contributed by atoms with Crippen LogP contribution in [0.4, 0.5) is 0 Å². The number of hydrogen-bond donors (Lipinski definition) is 1. The van der Waals surface area contributed by atoms with Gasteiger partial charge in [-0.25, -0.2) is 0 Å². The van der Waals surface area contributed by atoms with E-state index in [9.17, 15) is 4.79 Å². The molecule has 0 bridgehead atoms. The van der Waals surface area contributed by atoms with Crippen LogP contribution < -0.4 is 10.5 Å². The predicted molar refractivity (Wildman–Crippen MR) is 62.3 cm³/mol. The first-order chi connectivity index (χ1) is 7.69. The third kappa shape index (κ3) is 2.35. The molecule has 0 aliphatic heterocycles. The zero-order valence-corrected chi connectivity index (χ0v) is 9.53. The van der Waals surface area contributed by atoms with Crippen LogP contribution in [0.1, 0.15) is 24.0 Å². The molecular weight excluding hydrogens is 202 g/mol. The van der Waals surface area contributed by atoms with Gasteiger partial charge in [-0.2, -0.15) is 0 Å². The number of hydrogen-bond acceptors (Lipinski definition) is 2. The molecule has 1 aromatic carbocycles. The zero-order valence-electron chi connectivity index (χ0n) is 9.53. The molecule has 2 N–H and O–H groups in total. The number of carbonyl (C=O) groups is 1. The van der Waals surface area contributed by atoms with Crippen molar-refractivity contribution >= 4 is 5.91 Å². The summed E-state index contributed by atoms with van der Waals surface area (Å²) in [5, 5.41) is 0. The van der Waals surface area contributed by atoms with Gasteiger partial charge in [-0.05, 0) is 48.4 Å². The first-order valence-electron chi connectivity index (χ1n) is 5.63. The van der Waals surface area contributed by atoms with E-state index in [1.165, 1.54) is 11.1 Å². The second-order valence-electron chi connectivity index (χ2n) is 4.41. The Morgan fingerprint density at radius 2 is 2.19 bits per heavy atom. The molecule has 0 aromatic heterocycles. The van der Waals surface area contributed by atoms with Gasteiger partial charge in [0.1, 0.15) is 5.75 Å². The van der Waals surface area contributed by atoms with E-state index >= 15 is 0 Å². The molecule has 2 rings (SSSR count). The maximum absolute atomic E-state index is 10.7. The number of benzene rings is 1. The van der Waals surface area contributed by atoms with E-state index in [-0.39, 0.29) is 5.91 Å². The van der Waals surface area contributed by atoms with E-state index in [0.717, 1.165) is 25.0 Å². The highest BCUT2D eigenvalue weighted by molar-refractivity contribution is 5.73. The summed E-state index contributed by atoms with van der Waals surface area (Å²) in [6, 6.07) is 6.22. The molecule has 1 atom stereocenters. The Labute approximate surface area is 95.6 Å². The van der Waals surface area contributed by atoms with Gasteiger partial charge < -0.3 is 10.5 Å². The summed E-state index contributed by atoms with van der Waals surface area (Å²) in [7, 11) is 1.68. The van der Waals surface area contributed by atoms with Crippen LogP contribution in [0.3, 0.4) is 0 Å². The smallest absolute Gasteiger partial charge is 0.217 e. The molecule has 86 valence electrons. The molecular formula is C13H17NO2. The lowest BCUT2D eigenvalue weighted by Gasteiger charge is -2.05. The third-order valence-corrected chi connectivity index (χ3v) is 3.23. The van der Waals surface area contributed by atoms with Crippen molar-refractivity contribution in [3.05, 3.63) is 29.3 Å². The van der Waals surface area contributed by atoms with Crippen molar-refractivity contribution in [3.63, 3.8) is 0 Å². The predicted octanol–water partition coefficient (Wildman–Crippen LogP) is 1.68. The first-order valence-corrected chi connectivity index (χ1v) is 5.63. The van der Waals surface area contributed by atoms with Crippen molar-refractivity contribution in [1.82, 2.24) is 0 Å². The van der Waals surface area contributed by atoms with Crippen molar-refractivity contribution in [3.8, 4) is 5.75 Å². The fourth-order valence-electron chi connectivity index (χ4n) is 2.36. The maximum atomic E-state index is 10.7. The Balaban J connectivity index is 2.00. The number of ether oxygens (including phenoxy) is 1.